The van der Waals surface area contributed by atoms with Crippen LogP contribution in [-0.2, 0) is 4.79 Å². The number of rotatable bonds is 4. The van der Waals surface area contributed by atoms with Crippen LogP contribution in [0.5, 0.6) is 0 Å². The molecule has 1 saturated heterocycles. The third kappa shape index (κ3) is 2.59. The van der Waals surface area contributed by atoms with E-state index in [0.29, 0.717) is 5.25 Å². The van der Waals surface area contributed by atoms with Gasteiger partial charge in [0.25, 0.3) is 0 Å². The number of aliphatic carboxylic acids is 1. The highest BCUT2D eigenvalue weighted by molar-refractivity contribution is 8.77. The van der Waals surface area contributed by atoms with Crippen molar-refractivity contribution in [2.24, 2.45) is 5.92 Å². The van der Waals surface area contributed by atoms with Gasteiger partial charge < -0.3 is 5.11 Å². The van der Waals surface area contributed by atoms with Gasteiger partial charge in [0.05, 0.1) is 5.92 Å². The lowest BCUT2D eigenvalue weighted by atomic mass is 9.98. The van der Waals surface area contributed by atoms with Crippen molar-refractivity contribution in [2.75, 3.05) is 5.75 Å². The first-order chi connectivity index (χ1) is 5.75. The summed E-state index contributed by atoms with van der Waals surface area (Å²) < 4.78 is 0. The summed E-state index contributed by atoms with van der Waals surface area (Å²) in [6.45, 7) is 2.04. The summed E-state index contributed by atoms with van der Waals surface area (Å²) in [5, 5.41) is 9.30. The third-order valence-electron chi connectivity index (χ3n) is 2.04. The Bertz CT molecular complexity index is 155. The van der Waals surface area contributed by atoms with Gasteiger partial charge in [-0.2, -0.15) is 0 Å². The van der Waals surface area contributed by atoms with E-state index in [1.807, 2.05) is 17.7 Å². The van der Waals surface area contributed by atoms with Crippen LogP contribution in [0.4, 0.5) is 0 Å². The Morgan fingerprint density at radius 3 is 2.92 bits per heavy atom. The smallest absolute Gasteiger partial charge is 0.307 e. The van der Waals surface area contributed by atoms with Crippen molar-refractivity contribution in [3.63, 3.8) is 0 Å². The van der Waals surface area contributed by atoms with Crippen LogP contribution in [0.15, 0.2) is 0 Å². The third-order valence-corrected chi connectivity index (χ3v) is 5.04. The van der Waals surface area contributed by atoms with Crippen LogP contribution in [0, 0.1) is 5.92 Å². The zero-order chi connectivity index (χ0) is 8.97. The quantitative estimate of drug-likeness (QED) is 0.717. The molecule has 2 atom stereocenters. The molecule has 0 aromatic heterocycles. The van der Waals surface area contributed by atoms with Crippen LogP contribution in [0.25, 0.3) is 0 Å². The normalized spacial score (nSPS) is 25.6. The van der Waals surface area contributed by atoms with E-state index in [2.05, 4.69) is 0 Å². The molecule has 0 radical (unpaired) electrons. The van der Waals surface area contributed by atoms with E-state index < -0.39 is 5.97 Å². The Morgan fingerprint density at radius 2 is 2.50 bits per heavy atom. The number of carboxylic acid groups (broad SMARTS) is 1. The van der Waals surface area contributed by atoms with Gasteiger partial charge in [-0.1, -0.05) is 34.9 Å². The predicted octanol–water partition coefficient (Wildman–Crippen LogP) is 2.64. The molecule has 4 heteroatoms. The van der Waals surface area contributed by atoms with E-state index in [4.69, 9.17) is 5.11 Å². The highest BCUT2D eigenvalue weighted by Crippen LogP contribution is 2.42. The summed E-state index contributed by atoms with van der Waals surface area (Å²) in [6, 6.07) is 0. The second-order valence-corrected chi connectivity index (χ2v) is 5.71. The van der Waals surface area contributed by atoms with Crippen LogP contribution in [0.2, 0.25) is 0 Å². The van der Waals surface area contributed by atoms with Crippen LogP contribution in [-0.4, -0.2) is 22.1 Å². The van der Waals surface area contributed by atoms with Crippen molar-refractivity contribution >= 4 is 27.6 Å². The largest absolute Gasteiger partial charge is 0.481 e. The number of hydrogen-bond donors (Lipinski definition) is 1. The lowest BCUT2D eigenvalue weighted by Gasteiger charge is -2.16. The zero-order valence-electron chi connectivity index (χ0n) is 7.16. The molecule has 1 aliphatic rings. The minimum absolute atomic E-state index is 0.116. The lowest BCUT2D eigenvalue weighted by molar-refractivity contribution is -0.141. The Morgan fingerprint density at radius 1 is 1.75 bits per heavy atom. The number of carbonyl (C=O) groups is 1. The molecule has 0 aromatic carbocycles. The molecule has 1 rings (SSSR count). The fraction of sp³-hybridized carbons (Fsp3) is 0.875. The first-order valence-corrected chi connectivity index (χ1v) is 6.65. The molecular formula is C8H14O2S2. The molecule has 0 bridgehead atoms. The molecule has 1 N–H and O–H groups in total. The maximum atomic E-state index is 10.9. The van der Waals surface area contributed by atoms with Crippen LogP contribution in [0.3, 0.4) is 0 Å². The minimum atomic E-state index is -0.614. The van der Waals surface area contributed by atoms with Crippen LogP contribution < -0.4 is 0 Å². The summed E-state index contributed by atoms with van der Waals surface area (Å²) in [5.41, 5.74) is 0. The van der Waals surface area contributed by atoms with Crippen molar-refractivity contribution in [3.8, 4) is 0 Å². The standard InChI is InChI=1S/C8H14O2S2/c1-2-3-6(8(9)10)7-4-5-11-12-7/h6-7H,2-5H2,1H3,(H,9,10)/t6-,7?/m0/s1. The van der Waals surface area contributed by atoms with Gasteiger partial charge in [0.1, 0.15) is 0 Å². The molecular weight excluding hydrogens is 192 g/mol. The van der Waals surface area contributed by atoms with Crippen molar-refractivity contribution in [3.05, 3.63) is 0 Å². The number of hydrogen-bond acceptors (Lipinski definition) is 3. The Kier molecular flexibility index (Phi) is 4.29. The van der Waals surface area contributed by atoms with Gasteiger partial charge in [-0.25, -0.2) is 0 Å². The van der Waals surface area contributed by atoms with Crippen LogP contribution in [0.1, 0.15) is 26.2 Å². The van der Waals surface area contributed by atoms with Gasteiger partial charge in [-0.3, -0.25) is 4.79 Å². The molecule has 1 heterocycles. The summed E-state index contributed by atoms with van der Waals surface area (Å²) in [4.78, 5) is 10.9. The van der Waals surface area contributed by atoms with E-state index in [9.17, 15) is 4.79 Å². The predicted molar refractivity (Wildman–Crippen MR) is 54.5 cm³/mol. The summed E-state index contributed by atoms with van der Waals surface area (Å²) in [7, 11) is 3.56. The maximum absolute atomic E-state index is 10.9. The molecule has 0 aliphatic carbocycles. The molecule has 0 saturated carbocycles. The molecule has 2 nitrogen and oxygen atoms in total. The molecule has 1 unspecified atom stereocenters. The summed E-state index contributed by atoms with van der Waals surface area (Å²) in [5.74, 6) is 0.384. The van der Waals surface area contributed by atoms with Gasteiger partial charge in [0.2, 0.25) is 0 Å². The molecule has 70 valence electrons. The molecule has 1 aliphatic heterocycles. The average molecular weight is 206 g/mol. The van der Waals surface area contributed by atoms with E-state index in [1.165, 1.54) is 0 Å². The topological polar surface area (TPSA) is 37.3 Å². The lowest BCUT2D eigenvalue weighted by Crippen LogP contribution is -2.23. The first kappa shape index (κ1) is 10.3. The second kappa shape index (κ2) is 5.02. The Hall–Kier alpha value is 0.170. The van der Waals surface area contributed by atoms with Crippen molar-refractivity contribution in [1.82, 2.24) is 0 Å². The summed E-state index contributed by atoms with van der Waals surface area (Å²) >= 11 is 0. The Labute approximate surface area is 80.9 Å². The van der Waals surface area contributed by atoms with Crippen molar-refractivity contribution < 1.29 is 9.90 Å². The fourth-order valence-electron chi connectivity index (χ4n) is 1.40. The van der Waals surface area contributed by atoms with E-state index >= 15 is 0 Å². The van der Waals surface area contributed by atoms with Crippen LogP contribution >= 0.6 is 21.6 Å². The summed E-state index contributed by atoms with van der Waals surface area (Å²) in [6.07, 6.45) is 2.86. The minimum Gasteiger partial charge on any atom is -0.481 e. The monoisotopic (exact) mass is 206 g/mol. The van der Waals surface area contributed by atoms with Crippen molar-refractivity contribution in [1.29, 1.82) is 0 Å². The molecule has 0 spiro atoms. The molecule has 0 amide bonds. The van der Waals surface area contributed by atoms with Crippen molar-refractivity contribution in [2.45, 2.75) is 31.4 Å². The SMILES string of the molecule is CCC[C@H](C(=O)O)C1CCSS1. The average Bonchev–Trinajstić information content (AvgIpc) is 2.51. The maximum Gasteiger partial charge on any atom is 0.307 e. The van der Waals surface area contributed by atoms with Gasteiger partial charge in [-0.15, -0.1) is 0 Å². The first-order valence-electron chi connectivity index (χ1n) is 4.26. The van der Waals surface area contributed by atoms with Gasteiger partial charge >= 0.3 is 5.97 Å². The number of carboxylic acids is 1. The van der Waals surface area contributed by atoms with Gasteiger partial charge in [0, 0.05) is 11.0 Å². The Balaban J connectivity index is 2.45. The van der Waals surface area contributed by atoms with E-state index in [0.717, 1.165) is 25.0 Å². The van der Waals surface area contributed by atoms with E-state index in [-0.39, 0.29) is 5.92 Å². The zero-order valence-corrected chi connectivity index (χ0v) is 8.79. The van der Waals surface area contributed by atoms with E-state index in [1.54, 1.807) is 10.8 Å². The molecule has 1 fully saturated rings. The fourth-order valence-corrected chi connectivity index (χ4v) is 4.56. The molecule has 0 aromatic rings. The highest BCUT2D eigenvalue weighted by Gasteiger charge is 2.30. The molecule has 12 heavy (non-hydrogen) atoms. The highest BCUT2D eigenvalue weighted by atomic mass is 33.1. The van der Waals surface area contributed by atoms with Gasteiger partial charge in [-0.05, 0) is 12.8 Å². The van der Waals surface area contributed by atoms with Gasteiger partial charge in [0.15, 0.2) is 0 Å². The second-order valence-electron chi connectivity index (χ2n) is 2.98.